The molecule has 178 valence electrons. The molecule has 1 atom stereocenters. The zero-order chi connectivity index (χ0) is 24.4. The molecule has 2 aliphatic rings. The van der Waals surface area contributed by atoms with Crippen LogP contribution in [-0.2, 0) is 6.54 Å². The lowest BCUT2D eigenvalue weighted by Gasteiger charge is -2.24. The molecule has 8 nitrogen and oxygen atoms in total. The normalized spacial score (nSPS) is 15.8. The second-order valence-electron chi connectivity index (χ2n) is 7.87. The molecule has 2 N–H and O–H groups in total. The van der Waals surface area contributed by atoms with Crippen molar-refractivity contribution in [1.82, 2.24) is 10.2 Å². The number of para-hydroxylation sites is 2. The smallest absolute Gasteiger partial charge is 0.413 e. The topological polar surface area (TPSA) is 91.3 Å². The Labute approximate surface area is 206 Å². The predicted molar refractivity (Wildman–Crippen MR) is 133 cm³/mol. The van der Waals surface area contributed by atoms with Crippen LogP contribution >= 0.6 is 11.8 Å². The molecular formula is C26H23N3O5S. The number of carbonyl (C=O) groups is 2. The number of carbonyl (C=O) groups excluding carboxylic acids is 1. The first kappa shape index (κ1) is 22.7. The maximum atomic E-state index is 12.2. The molecule has 0 bridgehead atoms. The monoisotopic (exact) mass is 489 g/mol. The van der Waals surface area contributed by atoms with Crippen LogP contribution in [0.15, 0.2) is 89.6 Å². The maximum absolute atomic E-state index is 12.2. The Morgan fingerprint density at radius 2 is 1.80 bits per heavy atom. The number of ether oxygens (including phenoxy) is 2. The van der Waals surface area contributed by atoms with Gasteiger partial charge in [-0.25, -0.2) is 9.59 Å². The Hall–Kier alpha value is -4.11. The van der Waals surface area contributed by atoms with Crippen molar-refractivity contribution in [3.05, 3.63) is 90.3 Å². The van der Waals surface area contributed by atoms with Crippen molar-refractivity contribution in [2.75, 3.05) is 4.90 Å². The molecular weight excluding hydrogens is 466 g/mol. The second-order valence-corrected chi connectivity index (χ2v) is 8.97. The molecule has 2 heterocycles. The average molecular weight is 490 g/mol. The Morgan fingerprint density at radius 1 is 1.03 bits per heavy atom. The average Bonchev–Trinajstić information content (AvgIpc) is 3.41. The van der Waals surface area contributed by atoms with Crippen molar-refractivity contribution in [3.8, 4) is 17.2 Å². The second kappa shape index (κ2) is 9.63. The van der Waals surface area contributed by atoms with Crippen molar-refractivity contribution >= 4 is 29.6 Å². The van der Waals surface area contributed by atoms with E-state index in [-0.39, 0.29) is 12.0 Å². The van der Waals surface area contributed by atoms with Crippen LogP contribution in [0.25, 0.3) is 0 Å². The van der Waals surface area contributed by atoms with Crippen molar-refractivity contribution in [1.29, 1.82) is 0 Å². The molecule has 0 fully saturated rings. The molecule has 2 aliphatic heterocycles. The number of rotatable bonds is 6. The van der Waals surface area contributed by atoms with E-state index in [1.54, 1.807) is 30.5 Å². The van der Waals surface area contributed by atoms with E-state index in [2.05, 4.69) is 5.32 Å². The highest BCUT2D eigenvalue weighted by Gasteiger charge is 2.42. The van der Waals surface area contributed by atoms with E-state index < -0.39 is 12.2 Å². The summed E-state index contributed by atoms with van der Waals surface area (Å²) in [5, 5.41) is 12.3. The number of benzene rings is 3. The van der Waals surface area contributed by atoms with Crippen LogP contribution in [0.2, 0.25) is 0 Å². The number of hydrogen-bond donors (Lipinski definition) is 2. The van der Waals surface area contributed by atoms with Gasteiger partial charge in [0.2, 0.25) is 0 Å². The number of nitrogens with one attached hydrogen (secondary N) is 1. The fourth-order valence-electron chi connectivity index (χ4n) is 3.98. The molecule has 2 amide bonds. The van der Waals surface area contributed by atoms with Crippen LogP contribution in [0, 0.1) is 0 Å². The molecule has 0 spiro atoms. The largest absolute Gasteiger partial charge is 0.465 e. The third-order valence-corrected chi connectivity index (χ3v) is 6.89. The van der Waals surface area contributed by atoms with Gasteiger partial charge in [-0.15, -0.1) is 0 Å². The molecule has 3 aromatic carbocycles. The van der Waals surface area contributed by atoms with Gasteiger partial charge < -0.3 is 24.8 Å². The number of allylic oxidation sites excluding steroid dienone is 1. The number of carboxylic acid groups (broad SMARTS) is 1. The minimum Gasteiger partial charge on any atom is -0.465 e. The lowest BCUT2D eigenvalue weighted by atomic mass is 10.2. The zero-order valence-corrected chi connectivity index (χ0v) is 19.7. The first-order chi connectivity index (χ1) is 17.0. The Balaban J connectivity index is 1.31. The zero-order valence-electron chi connectivity index (χ0n) is 18.9. The van der Waals surface area contributed by atoms with Crippen LogP contribution in [0.5, 0.6) is 17.2 Å². The molecule has 1 unspecified atom stereocenters. The molecule has 0 radical (unpaired) electrons. The lowest BCUT2D eigenvalue weighted by Crippen LogP contribution is -2.36. The van der Waals surface area contributed by atoms with Crippen LogP contribution < -0.4 is 19.7 Å². The van der Waals surface area contributed by atoms with E-state index in [1.807, 2.05) is 60.4 Å². The number of hydrogen-bond acceptors (Lipinski definition) is 6. The van der Waals surface area contributed by atoms with Crippen molar-refractivity contribution in [3.63, 3.8) is 0 Å². The summed E-state index contributed by atoms with van der Waals surface area (Å²) in [6.45, 7) is 2.23. The number of anilines is 1. The number of fused-ring (bicyclic) bond motifs is 3. The Morgan fingerprint density at radius 3 is 2.57 bits per heavy atom. The van der Waals surface area contributed by atoms with Gasteiger partial charge in [0.25, 0.3) is 0 Å². The summed E-state index contributed by atoms with van der Waals surface area (Å²) >= 11 is 1.49. The minimum absolute atomic E-state index is 0.229. The van der Waals surface area contributed by atoms with Crippen molar-refractivity contribution in [2.45, 2.75) is 30.3 Å². The molecule has 0 aliphatic carbocycles. The molecule has 9 heteroatoms. The Kier molecular flexibility index (Phi) is 6.24. The van der Waals surface area contributed by atoms with E-state index in [1.165, 1.54) is 16.7 Å². The van der Waals surface area contributed by atoms with E-state index in [0.717, 1.165) is 21.8 Å². The third-order valence-electron chi connectivity index (χ3n) is 5.64. The highest BCUT2D eigenvalue weighted by Crippen LogP contribution is 2.51. The van der Waals surface area contributed by atoms with Gasteiger partial charge in [0.1, 0.15) is 17.2 Å². The fraction of sp³-hybridized carbons (Fsp3) is 0.154. The van der Waals surface area contributed by atoms with Gasteiger partial charge in [-0.05, 0) is 36.8 Å². The summed E-state index contributed by atoms with van der Waals surface area (Å²) < 4.78 is 11.5. The first-order valence-corrected chi connectivity index (χ1v) is 12.0. The van der Waals surface area contributed by atoms with Crippen molar-refractivity contribution in [2.24, 2.45) is 0 Å². The summed E-state index contributed by atoms with van der Waals surface area (Å²) in [5.41, 5.74) is 2.29. The highest BCUT2D eigenvalue weighted by atomic mass is 32.2. The van der Waals surface area contributed by atoms with Gasteiger partial charge in [0, 0.05) is 35.0 Å². The molecule has 35 heavy (non-hydrogen) atoms. The maximum Gasteiger partial charge on any atom is 0.413 e. The van der Waals surface area contributed by atoms with Crippen molar-refractivity contribution < 1.29 is 24.2 Å². The predicted octanol–water partition coefficient (Wildman–Crippen LogP) is 6.21. The van der Waals surface area contributed by atoms with Crippen LogP contribution in [-0.4, -0.2) is 27.7 Å². The van der Waals surface area contributed by atoms with Gasteiger partial charge >= 0.3 is 12.2 Å². The summed E-state index contributed by atoms with van der Waals surface area (Å²) in [5.74, 6) is 1.69. The quantitative estimate of drug-likeness (QED) is 0.425. The molecule has 0 aromatic heterocycles. The molecule has 0 saturated heterocycles. The van der Waals surface area contributed by atoms with E-state index in [9.17, 15) is 14.7 Å². The molecule has 5 rings (SSSR count). The van der Waals surface area contributed by atoms with Crippen LogP contribution in [0.4, 0.5) is 15.3 Å². The van der Waals surface area contributed by atoms with Gasteiger partial charge in [0.15, 0.2) is 5.50 Å². The number of nitrogens with zero attached hydrogens (tertiary/aromatic N) is 2. The summed E-state index contributed by atoms with van der Waals surface area (Å²) in [4.78, 5) is 28.2. The fourth-order valence-corrected chi connectivity index (χ4v) is 5.26. The number of amides is 2. The van der Waals surface area contributed by atoms with E-state index in [0.29, 0.717) is 23.7 Å². The summed E-state index contributed by atoms with van der Waals surface area (Å²) in [6, 6.07) is 22.0. The minimum atomic E-state index is -0.979. The van der Waals surface area contributed by atoms with Gasteiger partial charge in [-0.1, -0.05) is 55.1 Å². The summed E-state index contributed by atoms with van der Waals surface area (Å²) in [7, 11) is 0. The summed E-state index contributed by atoms with van der Waals surface area (Å²) in [6.07, 6.45) is 0.861. The number of thioether (sulfide) groups is 1. The van der Waals surface area contributed by atoms with Crippen LogP contribution in [0.3, 0.4) is 0 Å². The SMILES string of the molecule is CCC1=CN(C(=O)O)C2Sc3ccc(Oc4ccccc4CNC(=O)Oc4ccccc4)cc3N12. The molecule has 0 saturated carbocycles. The van der Waals surface area contributed by atoms with Gasteiger partial charge in [0.05, 0.1) is 5.69 Å². The van der Waals surface area contributed by atoms with Gasteiger partial charge in [-0.3, -0.25) is 4.90 Å². The van der Waals surface area contributed by atoms with E-state index in [4.69, 9.17) is 9.47 Å². The molecule has 3 aromatic rings. The van der Waals surface area contributed by atoms with Crippen LogP contribution in [0.1, 0.15) is 18.9 Å². The van der Waals surface area contributed by atoms with E-state index >= 15 is 0 Å². The Bertz CT molecular complexity index is 1300. The third kappa shape index (κ3) is 4.63. The highest BCUT2D eigenvalue weighted by molar-refractivity contribution is 8.00. The standard InChI is InChI=1S/C26H23N3O5S/c1-2-18-16-28(26(31)32)25-29(18)21-14-20(12-13-23(21)35-25)33-22-11-7-6-8-17(22)15-27-24(30)34-19-9-4-3-5-10-19/h3-14,16,25H,2,15H2,1H3,(H,27,30)(H,31,32). The lowest BCUT2D eigenvalue weighted by molar-refractivity contribution is 0.163. The first-order valence-electron chi connectivity index (χ1n) is 11.1. The van der Waals surface area contributed by atoms with Gasteiger partial charge in [-0.2, -0.15) is 0 Å².